The summed E-state index contributed by atoms with van der Waals surface area (Å²) in [6.45, 7) is 5.65. The third-order valence-corrected chi connectivity index (χ3v) is 7.54. The molecule has 0 unspecified atom stereocenters. The minimum atomic E-state index is -3.48. The van der Waals surface area contributed by atoms with Crippen LogP contribution in [0.3, 0.4) is 0 Å². The SMILES string of the molecule is Cc1ccc(S(=O)(=O)N2CCN(C(=O)CC3CCCC3)CC2)cc1C. The van der Waals surface area contributed by atoms with Gasteiger partial charge in [-0.3, -0.25) is 4.79 Å². The molecule has 1 aliphatic heterocycles. The lowest BCUT2D eigenvalue weighted by atomic mass is 10.0. The topological polar surface area (TPSA) is 57.7 Å². The molecule has 1 aromatic carbocycles. The Kier molecular flexibility index (Phi) is 5.49. The normalized spacial score (nSPS) is 20.2. The van der Waals surface area contributed by atoms with E-state index in [1.165, 1.54) is 17.1 Å². The first-order valence-electron chi connectivity index (χ1n) is 9.23. The molecule has 138 valence electrons. The first-order valence-corrected chi connectivity index (χ1v) is 10.7. The Morgan fingerprint density at radius 1 is 1.04 bits per heavy atom. The van der Waals surface area contributed by atoms with E-state index in [1.54, 1.807) is 12.1 Å². The molecule has 5 nitrogen and oxygen atoms in total. The third-order valence-electron chi connectivity index (χ3n) is 5.65. The second-order valence-electron chi connectivity index (χ2n) is 7.39. The van der Waals surface area contributed by atoms with Crippen LogP contribution >= 0.6 is 0 Å². The van der Waals surface area contributed by atoms with E-state index in [2.05, 4.69) is 0 Å². The van der Waals surface area contributed by atoms with E-state index in [4.69, 9.17) is 0 Å². The van der Waals surface area contributed by atoms with Gasteiger partial charge in [0.1, 0.15) is 0 Å². The summed E-state index contributed by atoms with van der Waals surface area (Å²) < 4.78 is 27.2. The van der Waals surface area contributed by atoms with E-state index in [1.807, 2.05) is 24.8 Å². The highest BCUT2D eigenvalue weighted by atomic mass is 32.2. The first kappa shape index (κ1) is 18.4. The summed E-state index contributed by atoms with van der Waals surface area (Å²) in [4.78, 5) is 14.6. The van der Waals surface area contributed by atoms with Crippen LogP contribution in [0.4, 0.5) is 0 Å². The van der Waals surface area contributed by atoms with Crippen molar-refractivity contribution >= 4 is 15.9 Å². The predicted octanol–water partition coefficient (Wildman–Crippen LogP) is 2.72. The Morgan fingerprint density at radius 3 is 2.28 bits per heavy atom. The standard InChI is InChI=1S/C19H28N2O3S/c1-15-7-8-18(13-16(15)2)25(23,24)21-11-9-20(10-12-21)19(22)14-17-5-3-4-6-17/h7-8,13,17H,3-6,9-12,14H2,1-2H3. The molecular formula is C19H28N2O3S. The van der Waals surface area contributed by atoms with E-state index in [0.717, 1.165) is 24.0 Å². The summed E-state index contributed by atoms with van der Waals surface area (Å²) in [5, 5.41) is 0. The molecule has 0 N–H and O–H groups in total. The van der Waals surface area contributed by atoms with Crippen molar-refractivity contribution in [3.05, 3.63) is 29.3 Å². The number of sulfonamides is 1. The average Bonchev–Trinajstić information content (AvgIpc) is 3.10. The van der Waals surface area contributed by atoms with Gasteiger partial charge in [-0.05, 0) is 55.9 Å². The van der Waals surface area contributed by atoms with Crippen LogP contribution in [-0.4, -0.2) is 49.7 Å². The Morgan fingerprint density at radius 2 is 1.68 bits per heavy atom. The molecule has 0 spiro atoms. The van der Waals surface area contributed by atoms with Crippen molar-refractivity contribution in [2.45, 2.75) is 50.8 Å². The zero-order valence-electron chi connectivity index (χ0n) is 15.2. The molecule has 6 heteroatoms. The molecule has 1 saturated heterocycles. The van der Waals surface area contributed by atoms with Gasteiger partial charge in [0.25, 0.3) is 0 Å². The average molecular weight is 365 g/mol. The number of hydrogen-bond donors (Lipinski definition) is 0. The van der Waals surface area contributed by atoms with Crippen molar-refractivity contribution in [1.29, 1.82) is 0 Å². The number of benzene rings is 1. The second kappa shape index (κ2) is 7.46. The number of carbonyl (C=O) groups excluding carboxylic acids is 1. The highest BCUT2D eigenvalue weighted by molar-refractivity contribution is 7.89. The van der Waals surface area contributed by atoms with Crippen LogP contribution in [0, 0.1) is 19.8 Å². The van der Waals surface area contributed by atoms with Crippen molar-refractivity contribution in [3.63, 3.8) is 0 Å². The lowest BCUT2D eigenvalue weighted by molar-refractivity contribution is -0.133. The zero-order valence-corrected chi connectivity index (χ0v) is 16.0. The summed E-state index contributed by atoms with van der Waals surface area (Å²) in [6, 6.07) is 5.27. The molecule has 0 radical (unpaired) electrons. The minimum absolute atomic E-state index is 0.190. The Bertz CT molecular complexity index is 731. The predicted molar refractivity (Wildman–Crippen MR) is 97.8 cm³/mol. The van der Waals surface area contributed by atoms with E-state index >= 15 is 0 Å². The zero-order chi connectivity index (χ0) is 18.0. The molecule has 1 heterocycles. The molecule has 3 rings (SSSR count). The maximum atomic E-state index is 12.8. The number of hydrogen-bond acceptors (Lipinski definition) is 3. The van der Waals surface area contributed by atoms with Crippen LogP contribution in [0.15, 0.2) is 23.1 Å². The van der Waals surface area contributed by atoms with Crippen LogP contribution in [0.1, 0.15) is 43.2 Å². The monoisotopic (exact) mass is 364 g/mol. The summed E-state index contributed by atoms with van der Waals surface area (Å²) in [5.74, 6) is 0.722. The van der Waals surface area contributed by atoms with E-state index < -0.39 is 10.0 Å². The smallest absolute Gasteiger partial charge is 0.243 e. The quantitative estimate of drug-likeness (QED) is 0.825. The van der Waals surface area contributed by atoms with Crippen molar-refractivity contribution < 1.29 is 13.2 Å². The molecule has 2 aliphatic rings. The Labute approximate surface area is 151 Å². The Hall–Kier alpha value is -1.40. The summed E-state index contributed by atoms with van der Waals surface area (Å²) >= 11 is 0. The van der Waals surface area contributed by atoms with Gasteiger partial charge in [-0.2, -0.15) is 4.31 Å². The maximum Gasteiger partial charge on any atom is 0.243 e. The molecule has 2 fully saturated rings. The van der Waals surface area contributed by atoms with Crippen molar-refractivity contribution in [3.8, 4) is 0 Å². The molecule has 1 saturated carbocycles. The summed E-state index contributed by atoms with van der Waals surface area (Å²) in [6.07, 6.45) is 5.42. The fourth-order valence-electron chi connectivity index (χ4n) is 3.79. The van der Waals surface area contributed by atoms with Gasteiger partial charge in [-0.15, -0.1) is 0 Å². The third kappa shape index (κ3) is 4.06. The number of nitrogens with zero attached hydrogens (tertiary/aromatic N) is 2. The Balaban J connectivity index is 1.60. The molecule has 1 amide bonds. The van der Waals surface area contributed by atoms with Gasteiger partial charge in [0, 0.05) is 32.6 Å². The lowest BCUT2D eigenvalue weighted by Gasteiger charge is -2.34. The van der Waals surface area contributed by atoms with Crippen LogP contribution in [0.5, 0.6) is 0 Å². The molecule has 0 bridgehead atoms. The first-order chi connectivity index (χ1) is 11.9. The summed E-state index contributed by atoms with van der Waals surface area (Å²) in [7, 11) is -3.48. The minimum Gasteiger partial charge on any atom is -0.340 e. The fraction of sp³-hybridized carbons (Fsp3) is 0.632. The van der Waals surface area contributed by atoms with E-state index in [9.17, 15) is 13.2 Å². The van der Waals surface area contributed by atoms with Crippen molar-refractivity contribution in [2.75, 3.05) is 26.2 Å². The molecular weight excluding hydrogens is 336 g/mol. The molecule has 1 aromatic rings. The molecule has 0 aromatic heterocycles. The van der Waals surface area contributed by atoms with E-state index in [0.29, 0.717) is 43.4 Å². The largest absolute Gasteiger partial charge is 0.340 e. The fourth-order valence-corrected chi connectivity index (χ4v) is 5.30. The molecule has 0 atom stereocenters. The lowest BCUT2D eigenvalue weighted by Crippen LogP contribution is -2.50. The van der Waals surface area contributed by atoms with Gasteiger partial charge in [0.05, 0.1) is 4.90 Å². The van der Waals surface area contributed by atoms with Gasteiger partial charge >= 0.3 is 0 Å². The van der Waals surface area contributed by atoms with Crippen LogP contribution in [0.25, 0.3) is 0 Å². The number of amides is 1. The van der Waals surface area contributed by atoms with Gasteiger partial charge < -0.3 is 4.90 Å². The number of carbonyl (C=O) groups is 1. The highest BCUT2D eigenvalue weighted by Crippen LogP contribution is 2.28. The van der Waals surface area contributed by atoms with Crippen molar-refractivity contribution in [2.24, 2.45) is 5.92 Å². The van der Waals surface area contributed by atoms with Gasteiger partial charge in [0.15, 0.2) is 0 Å². The number of rotatable bonds is 4. The number of piperazine rings is 1. The second-order valence-corrected chi connectivity index (χ2v) is 9.32. The van der Waals surface area contributed by atoms with Crippen LogP contribution in [-0.2, 0) is 14.8 Å². The van der Waals surface area contributed by atoms with Crippen molar-refractivity contribution in [1.82, 2.24) is 9.21 Å². The van der Waals surface area contributed by atoms with Crippen LogP contribution < -0.4 is 0 Å². The molecule has 25 heavy (non-hydrogen) atoms. The van der Waals surface area contributed by atoms with Gasteiger partial charge in [-0.1, -0.05) is 18.9 Å². The number of aryl methyl sites for hydroxylation is 2. The molecule has 1 aliphatic carbocycles. The van der Waals surface area contributed by atoms with Crippen LogP contribution in [0.2, 0.25) is 0 Å². The summed E-state index contributed by atoms with van der Waals surface area (Å²) in [5.41, 5.74) is 2.06. The maximum absolute atomic E-state index is 12.8. The highest BCUT2D eigenvalue weighted by Gasteiger charge is 2.31. The van der Waals surface area contributed by atoms with Gasteiger partial charge in [0.2, 0.25) is 15.9 Å². The van der Waals surface area contributed by atoms with Gasteiger partial charge in [-0.25, -0.2) is 8.42 Å². The van der Waals surface area contributed by atoms with E-state index in [-0.39, 0.29) is 5.91 Å².